The molecule has 0 bridgehead atoms. The number of phenols is 6. The Morgan fingerprint density at radius 2 is 1.58 bits per heavy atom. The van der Waals surface area contributed by atoms with E-state index in [0.717, 1.165) is 6.07 Å². The number of aliphatic hydroxyl groups is 1. The lowest BCUT2D eigenvalue weighted by Crippen LogP contribution is -2.35. The number of fused-ring (bicyclic) bond motifs is 1. The van der Waals surface area contributed by atoms with Gasteiger partial charge in [-0.05, 0) is 42.7 Å². The van der Waals surface area contributed by atoms with Crippen LogP contribution in [0.15, 0.2) is 48.5 Å². The Bertz CT molecular complexity index is 1270. The molecule has 36 heavy (non-hydrogen) atoms. The summed E-state index contributed by atoms with van der Waals surface area (Å²) in [4.78, 5) is 12.7. The Kier molecular flexibility index (Phi) is 6.98. The molecular weight excluding hydrogens is 472 g/mol. The Hall–Kier alpha value is -4.31. The zero-order valence-electron chi connectivity index (χ0n) is 19.0. The number of ether oxygens (including phenoxy) is 2. The van der Waals surface area contributed by atoms with Crippen LogP contribution < -0.4 is 4.74 Å². The van der Waals surface area contributed by atoms with Crippen molar-refractivity contribution in [2.75, 3.05) is 0 Å². The van der Waals surface area contributed by atoms with E-state index in [0.29, 0.717) is 23.1 Å². The van der Waals surface area contributed by atoms with Crippen molar-refractivity contribution in [3.8, 4) is 40.2 Å². The lowest BCUT2D eigenvalue weighted by molar-refractivity contribution is -0.157. The summed E-state index contributed by atoms with van der Waals surface area (Å²) in [7, 11) is 0. The van der Waals surface area contributed by atoms with Crippen molar-refractivity contribution in [1.82, 2.24) is 0 Å². The van der Waals surface area contributed by atoms with Crippen molar-refractivity contribution in [3.63, 3.8) is 0 Å². The fraction of sp³-hybridized carbons (Fsp3) is 0.269. The van der Waals surface area contributed by atoms with Crippen LogP contribution in [0.3, 0.4) is 0 Å². The quantitative estimate of drug-likeness (QED) is 0.189. The van der Waals surface area contributed by atoms with E-state index in [9.17, 15) is 40.5 Å². The molecule has 10 nitrogen and oxygen atoms in total. The van der Waals surface area contributed by atoms with Crippen molar-refractivity contribution in [3.05, 3.63) is 65.2 Å². The van der Waals surface area contributed by atoms with Gasteiger partial charge >= 0.3 is 5.97 Å². The van der Waals surface area contributed by atoms with Crippen molar-refractivity contribution >= 4 is 5.97 Å². The monoisotopic (exact) mass is 498 g/mol. The first kappa shape index (κ1) is 24.8. The first-order valence-electron chi connectivity index (χ1n) is 11.2. The maximum absolute atomic E-state index is 12.7. The third kappa shape index (κ3) is 5.49. The number of aromatic hydroxyl groups is 6. The highest BCUT2D eigenvalue weighted by atomic mass is 16.6. The molecule has 10 heteroatoms. The van der Waals surface area contributed by atoms with Crippen LogP contribution in [-0.4, -0.2) is 53.9 Å². The summed E-state index contributed by atoms with van der Waals surface area (Å²) < 4.78 is 11.5. The number of carbonyl (C=O) groups is 1. The molecule has 3 atom stereocenters. The van der Waals surface area contributed by atoms with Crippen LogP contribution in [0.4, 0.5) is 0 Å². The lowest BCUT2D eigenvalue weighted by Gasteiger charge is -2.34. The molecule has 0 spiro atoms. The molecule has 0 unspecified atom stereocenters. The fourth-order valence-corrected chi connectivity index (χ4v) is 4.12. The molecule has 0 aromatic heterocycles. The van der Waals surface area contributed by atoms with E-state index in [4.69, 9.17) is 9.47 Å². The van der Waals surface area contributed by atoms with Gasteiger partial charge in [0.1, 0.15) is 23.4 Å². The second kappa shape index (κ2) is 10.1. The molecule has 0 fully saturated rings. The Labute approximate surface area is 205 Å². The molecule has 0 saturated heterocycles. The van der Waals surface area contributed by atoms with Crippen LogP contribution >= 0.6 is 0 Å². The number of aryl methyl sites for hydroxylation is 1. The van der Waals surface area contributed by atoms with Gasteiger partial charge in [-0.3, -0.25) is 4.79 Å². The van der Waals surface area contributed by atoms with Gasteiger partial charge in [0.05, 0.1) is 12.5 Å². The molecule has 1 heterocycles. The number of hydrogen-bond donors (Lipinski definition) is 7. The number of rotatable bonds is 7. The van der Waals surface area contributed by atoms with Crippen LogP contribution in [0.25, 0.3) is 0 Å². The van der Waals surface area contributed by atoms with Gasteiger partial charge in [0.2, 0.25) is 0 Å². The predicted molar refractivity (Wildman–Crippen MR) is 125 cm³/mol. The summed E-state index contributed by atoms with van der Waals surface area (Å²) in [6.07, 6.45) is -2.71. The van der Waals surface area contributed by atoms with Gasteiger partial charge in [0.15, 0.2) is 29.1 Å². The summed E-state index contributed by atoms with van der Waals surface area (Å²) in [5, 5.41) is 69.0. The van der Waals surface area contributed by atoms with E-state index in [1.807, 2.05) is 0 Å². The predicted octanol–water partition coefficient (Wildman–Crippen LogP) is 2.89. The van der Waals surface area contributed by atoms with Crippen LogP contribution in [-0.2, 0) is 22.4 Å². The largest absolute Gasteiger partial charge is 0.508 e. The van der Waals surface area contributed by atoms with E-state index in [2.05, 4.69) is 0 Å². The standard InChI is InChI=1S/C26H26O10/c27-15(4-1-13-2-5-18(29)21(32)7-13)11-25(34)35-24-12-17-20(31)9-16(28)10-23(17)36-26(24)14-3-6-19(30)22(33)8-14/h2-3,5-10,15,24,26-33H,1,4,11-12H2/t15-,24+,26+/m1/s1. The average molecular weight is 498 g/mol. The van der Waals surface area contributed by atoms with E-state index in [1.165, 1.54) is 36.4 Å². The molecule has 3 aromatic carbocycles. The van der Waals surface area contributed by atoms with Gasteiger partial charge in [0.25, 0.3) is 0 Å². The van der Waals surface area contributed by atoms with Crippen LogP contribution in [0, 0.1) is 0 Å². The molecule has 3 aromatic rings. The third-order valence-corrected chi connectivity index (χ3v) is 5.99. The average Bonchev–Trinajstić information content (AvgIpc) is 2.81. The molecule has 1 aliphatic rings. The smallest absolute Gasteiger partial charge is 0.308 e. The Balaban J connectivity index is 1.47. The van der Waals surface area contributed by atoms with Gasteiger partial charge in [-0.1, -0.05) is 12.1 Å². The number of hydrogen-bond acceptors (Lipinski definition) is 10. The van der Waals surface area contributed by atoms with Gasteiger partial charge < -0.3 is 45.2 Å². The second-order valence-corrected chi connectivity index (χ2v) is 8.68. The van der Waals surface area contributed by atoms with Crippen molar-refractivity contribution in [2.24, 2.45) is 0 Å². The number of aliphatic hydroxyl groups excluding tert-OH is 1. The zero-order valence-corrected chi connectivity index (χ0v) is 19.0. The Morgan fingerprint density at radius 1 is 0.889 bits per heavy atom. The summed E-state index contributed by atoms with van der Waals surface area (Å²) >= 11 is 0. The van der Waals surface area contributed by atoms with Crippen LogP contribution in [0.2, 0.25) is 0 Å². The van der Waals surface area contributed by atoms with E-state index < -0.39 is 30.0 Å². The molecule has 7 N–H and O–H groups in total. The summed E-state index contributed by atoms with van der Waals surface area (Å²) in [6, 6.07) is 10.8. The second-order valence-electron chi connectivity index (χ2n) is 8.68. The van der Waals surface area contributed by atoms with E-state index in [1.54, 1.807) is 6.07 Å². The number of phenolic OH excluding ortho intramolecular Hbond substituents is 6. The topological polar surface area (TPSA) is 177 Å². The zero-order chi connectivity index (χ0) is 26.0. The molecule has 0 aliphatic carbocycles. The molecule has 1 aliphatic heterocycles. The van der Waals surface area contributed by atoms with Crippen LogP contribution in [0.1, 0.15) is 35.6 Å². The molecule has 0 amide bonds. The maximum Gasteiger partial charge on any atom is 0.308 e. The van der Waals surface area contributed by atoms with Gasteiger partial charge in [-0.25, -0.2) is 0 Å². The Morgan fingerprint density at radius 3 is 2.28 bits per heavy atom. The first-order valence-corrected chi connectivity index (χ1v) is 11.2. The number of benzene rings is 3. The van der Waals surface area contributed by atoms with Crippen molar-refractivity contribution < 1.29 is 50.0 Å². The SMILES string of the molecule is O=C(C[C@H](O)CCc1ccc(O)c(O)c1)O[C@H]1Cc2c(O)cc(O)cc2O[C@H]1c1ccc(O)c(O)c1. The van der Waals surface area contributed by atoms with Gasteiger partial charge in [-0.15, -0.1) is 0 Å². The fourth-order valence-electron chi connectivity index (χ4n) is 4.12. The van der Waals surface area contributed by atoms with E-state index >= 15 is 0 Å². The van der Waals surface area contributed by atoms with Crippen molar-refractivity contribution in [1.29, 1.82) is 0 Å². The molecule has 190 valence electrons. The van der Waals surface area contributed by atoms with Crippen LogP contribution in [0.5, 0.6) is 40.2 Å². The third-order valence-electron chi connectivity index (χ3n) is 5.99. The minimum Gasteiger partial charge on any atom is -0.508 e. The highest BCUT2D eigenvalue weighted by Gasteiger charge is 2.36. The molecule has 4 rings (SSSR count). The summed E-state index contributed by atoms with van der Waals surface area (Å²) in [5.41, 5.74) is 1.36. The minimum atomic E-state index is -1.05. The number of esters is 1. The summed E-state index contributed by atoms with van der Waals surface area (Å²) in [6.45, 7) is 0. The summed E-state index contributed by atoms with van der Waals surface area (Å²) in [5.74, 6) is -2.28. The first-order chi connectivity index (χ1) is 17.1. The molecule has 0 saturated carbocycles. The lowest BCUT2D eigenvalue weighted by atomic mass is 9.93. The molecular formula is C26H26O10. The molecule has 0 radical (unpaired) electrons. The minimum absolute atomic E-state index is 0.0301. The number of carbonyl (C=O) groups excluding carboxylic acids is 1. The van der Waals surface area contributed by atoms with E-state index in [-0.39, 0.29) is 53.8 Å². The van der Waals surface area contributed by atoms with Gasteiger partial charge in [-0.2, -0.15) is 0 Å². The maximum atomic E-state index is 12.7. The highest BCUT2D eigenvalue weighted by molar-refractivity contribution is 5.70. The highest BCUT2D eigenvalue weighted by Crippen LogP contribution is 2.44. The van der Waals surface area contributed by atoms with Crippen molar-refractivity contribution in [2.45, 2.75) is 44.0 Å². The van der Waals surface area contributed by atoms with Gasteiger partial charge in [0, 0.05) is 29.7 Å². The normalized spacial score (nSPS) is 17.6.